The van der Waals surface area contributed by atoms with Gasteiger partial charge in [0.15, 0.2) is 17.1 Å². The van der Waals surface area contributed by atoms with Crippen LogP contribution in [0, 0.1) is 11.8 Å². The molecule has 12 nitrogen and oxygen atoms in total. The van der Waals surface area contributed by atoms with E-state index in [2.05, 4.69) is 26.1 Å². The van der Waals surface area contributed by atoms with Gasteiger partial charge in [0.25, 0.3) is 11.8 Å². The summed E-state index contributed by atoms with van der Waals surface area (Å²) in [5, 5.41) is 12.6. The van der Waals surface area contributed by atoms with Crippen LogP contribution in [-0.2, 0) is 22.6 Å². The first-order valence-electron chi connectivity index (χ1n) is 15.4. The van der Waals surface area contributed by atoms with E-state index in [1.54, 1.807) is 4.90 Å². The zero-order valence-corrected chi connectivity index (χ0v) is 25.2. The van der Waals surface area contributed by atoms with E-state index in [9.17, 15) is 19.2 Å². The van der Waals surface area contributed by atoms with Gasteiger partial charge in [-0.2, -0.15) is 0 Å². The fourth-order valence-electron chi connectivity index (χ4n) is 5.76. The van der Waals surface area contributed by atoms with Gasteiger partial charge in [-0.1, -0.05) is 68.6 Å². The second kappa shape index (κ2) is 14.3. The van der Waals surface area contributed by atoms with E-state index in [-0.39, 0.29) is 67.0 Å². The Kier molecular flexibility index (Phi) is 10.1. The molecule has 1 fully saturated rings. The predicted octanol–water partition coefficient (Wildman–Crippen LogP) is 3.56. The zero-order chi connectivity index (χ0) is 31.1. The van der Waals surface area contributed by atoms with Crippen LogP contribution in [0.5, 0.6) is 0 Å². The summed E-state index contributed by atoms with van der Waals surface area (Å²) in [6, 6.07) is 9.35. The molecule has 12 heteroatoms. The summed E-state index contributed by atoms with van der Waals surface area (Å²) in [5.41, 5.74) is 0.912. The fourth-order valence-corrected chi connectivity index (χ4v) is 5.76. The highest BCUT2D eigenvalue weighted by Crippen LogP contribution is 2.26. The maximum Gasteiger partial charge on any atom is 0.274 e. The average Bonchev–Trinajstić information content (AvgIpc) is 3.71. The molecule has 4 bridgehead atoms. The molecule has 4 amide bonds. The van der Waals surface area contributed by atoms with Crippen LogP contribution >= 0.6 is 0 Å². The molecular weight excluding hydrogens is 564 g/mol. The lowest BCUT2D eigenvalue weighted by atomic mass is 9.88. The van der Waals surface area contributed by atoms with Crippen molar-refractivity contribution in [1.29, 1.82) is 0 Å². The molecule has 2 aliphatic rings. The minimum absolute atomic E-state index is 0.0111. The van der Waals surface area contributed by atoms with Crippen molar-refractivity contribution in [1.82, 2.24) is 31.0 Å². The minimum Gasteiger partial charge on any atom is -0.446 e. The van der Waals surface area contributed by atoms with Crippen LogP contribution in [0.2, 0.25) is 0 Å². The summed E-state index contributed by atoms with van der Waals surface area (Å²) in [6.07, 6.45) is 6.70. The summed E-state index contributed by atoms with van der Waals surface area (Å²) in [4.78, 5) is 59.6. The normalized spacial score (nSPS) is 20.8. The third-order valence-corrected chi connectivity index (χ3v) is 8.05. The van der Waals surface area contributed by atoms with Crippen LogP contribution in [0.3, 0.4) is 0 Å². The van der Waals surface area contributed by atoms with Crippen LogP contribution in [0.1, 0.15) is 96.6 Å². The Morgan fingerprint density at radius 3 is 2.48 bits per heavy atom. The number of oxazole rings is 1. The van der Waals surface area contributed by atoms with Crippen molar-refractivity contribution in [3.8, 4) is 0 Å². The molecule has 3 aromatic rings. The topological polar surface area (TPSA) is 160 Å². The summed E-state index contributed by atoms with van der Waals surface area (Å²) < 4.78 is 11.1. The van der Waals surface area contributed by atoms with Crippen molar-refractivity contribution in [2.24, 2.45) is 11.8 Å². The molecule has 2 atom stereocenters. The summed E-state index contributed by atoms with van der Waals surface area (Å²) >= 11 is 0. The second-order valence-corrected chi connectivity index (χ2v) is 12.0. The number of carbonyl (C=O) groups excluding carboxylic acids is 4. The van der Waals surface area contributed by atoms with E-state index in [4.69, 9.17) is 8.94 Å². The van der Waals surface area contributed by atoms with Gasteiger partial charge in [-0.25, -0.2) is 4.98 Å². The number of hydrogen-bond acceptors (Lipinski definition) is 8. The molecule has 0 saturated heterocycles. The van der Waals surface area contributed by atoms with E-state index in [0.717, 1.165) is 37.7 Å². The van der Waals surface area contributed by atoms with Gasteiger partial charge < -0.3 is 29.8 Å². The molecule has 0 radical (unpaired) electrons. The average molecular weight is 605 g/mol. The molecule has 1 aliphatic carbocycles. The standard InChI is InChI=1S/C32H40N6O6/c1-20(2)15-26-31-36-27(19-43-31)30(41)34-24(16-21-9-5-3-6-10-21)28(39)33-13-14-38(32(42)22-11-7-4-8-12-22)18-23-17-25(37-44-23)29(40)35-26/h3,5-6,9-10,17,19-20,22,24,26H,4,7-8,11-16,18H2,1-2H3,(H,33,39)(H,34,41)(H,35,40)/t24-,26+/m0/s1. The Morgan fingerprint density at radius 2 is 1.73 bits per heavy atom. The summed E-state index contributed by atoms with van der Waals surface area (Å²) in [5.74, 6) is -0.888. The SMILES string of the molecule is CC(C)C[C@H]1NC(=O)c2cc(on2)CN(C(=O)C2CCCCC2)CCNC(=O)[C@H](Cc2ccccc2)NC(=O)c2coc1n2. The molecule has 0 spiro atoms. The molecule has 1 aliphatic heterocycles. The molecule has 0 unspecified atom stereocenters. The highest BCUT2D eigenvalue weighted by molar-refractivity contribution is 5.96. The lowest BCUT2D eigenvalue weighted by molar-refractivity contribution is -0.137. The highest BCUT2D eigenvalue weighted by Gasteiger charge is 2.30. The zero-order valence-electron chi connectivity index (χ0n) is 25.2. The van der Waals surface area contributed by atoms with Crippen LogP contribution in [0.15, 0.2) is 51.6 Å². The third-order valence-electron chi connectivity index (χ3n) is 8.05. The number of amides is 4. The van der Waals surface area contributed by atoms with Crippen molar-refractivity contribution in [3.63, 3.8) is 0 Å². The number of hydrogen-bond donors (Lipinski definition) is 3. The highest BCUT2D eigenvalue weighted by atomic mass is 16.5. The van der Waals surface area contributed by atoms with Crippen molar-refractivity contribution < 1.29 is 28.1 Å². The predicted molar refractivity (Wildman–Crippen MR) is 159 cm³/mol. The molecule has 2 aromatic heterocycles. The fraction of sp³-hybridized carbons (Fsp3) is 0.500. The van der Waals surface area contributed by atoms with Crippen molar-refractivity contribution in [3.05, 3.63) is 71.3 Å². The molecule has 1 aromatic carbocycles. The third kappa shape index (κ3) is 7.91. The number of nitrogens with zero attached hydrogens (tertiary/aromatic N) is 3. The van der Waals surface area contributed by atoms with Gasteiger partial charge in [-0.05, 0) is 30.7 Å². The monoisotopic (exact) mass is 604 g/mol. The number of nitrogens with one attached hydrogen (secondary N) is 3. The second-order valence-electron chi connectivity index (χ2n) is 12.0. The van der Waals surface area contributed by atoms with Crippen molar-refractivity contribution in [2.75, 3.05) is 13.1 Å². The smallest absolute Gasteiger partial charge is 0.274 e. The maximum absolute atomic E-state index is 13.6. The van der Waals surface area contributed by atoms with Crippen LogP contribution in [0.25, 0.3) is 0 Å². The first-order chi connectivity index (χ1) is 21.3. The quantitative estimate of drug-likeness (QED) is 0.399. The molecular formula is C32H40N6O6. The summed E-state index contributed by atoms with van der Waals surface area (Å²) in [7, 11) is 0. The van der Waals surface area contributed by atoms with Crippen LogP contribution < -0.4 is 16.0 Å². The number of rotatable bonds is 5. The van der Waals surface area contributed by atoms with E-state index < -0.39 is 23.9 Å². The molecule has 44 heavy (non-hydrogen) atoms. The van der Waals surface area contributed by atoms with Gasteiger partial charge in [0, 0.05) is 31.5 Å². The Morgan fingerprint density at radius 1 is 1.00 bits per heavy atom. The lowest BCUT2D eigenvalue weighted by Gasteiger charge is -2.29. The van der Waals surface area contributed by atoms with Gasteiger partial charge in [-0.15, -0.1) is 0 Å². The summed E-state index contributed by atoms with van der Waals surface area (Å²) in [6.45, 7) is 4.47. The molecule has 5 rings (SSSR count). The number of carbonyl (C=O) groups is 4. The molecule has 3 N–H and O–H groups in total. The molecule has 234 valence electrons. The van der Waals surface area contributed by atoms with Gasteiger partial charge in [0.2, 0.25) is 17.7 Å². The van der Waals surface area contributed by atoms with E-state index in [1.807, 2.05) is 44.2 Å². The van der Waals surface area contributed by atoms with Gasteiger partial charge >= 0.3 is 0 Å². The van der Waals surface area contributed by atoms with E-state index >= 15 is 0 Å². The molecule has 3 heterocycles. The van der Waals surface area contributed by atoms with Gasteiger partial charge in [0.05, 0.1) is 6.54 Å². The minimum atomic E-state index is -0.908. The van der Waals surface area contributed by atoms with E-state index in [1.165, 1.54) is 12.3 Å². The Hall–Kier alpha value is -4.48. The van der Waals surface area contributed by atoms with E-state index in [0.29, 0.717) is 12.2 Å². The van der Waals surface area contributed by atoms with Crippen LogP contribution in [-0.4, -0.2) is 57.8 Å². The Bertz CT molecular complexity index is 1440. The number of fused-ring (bicyclic) bond motifs is 4. The first-order valence-corrected chi connectivity index (χ1v) is 15.4. The van der Waals surface area contributed by atoms with Gasteiger partial charge in [-0.3, -0.25) is 19.2 Å². The van der Waals surface area contributed by atoms with Crippen molar-refractivity contribution >= 4 is 23.6 Å². The Labute approximate surface area is 256 Å². The van der Waals surface area contributed by atoms with Crippen LogP contribution in [0.4, 0.5) is 0 Å². The number of aromatic nitrogens is 2. The molecule has 1 saturated carbocycles. The first kappa shape index (κ1) is 31.0. The number of benzene rings is 1. The maximum atomic E-state index is 13.6. The van der Waals surface area contributed by atoms with Gasteiger partial charge in [0.1, 0.15) is 18.3 Å². The van der Waals surface area contributed by atoms with Crippen molar-refractivity contribution in [2.45, 2.75) is 77.4 Å². The Balaban J connectivity index is 1.44. The largest absolute Gasteiger partial charge is 0.446 e. The lowest BCUT2D eigenvalue weighted by Crippen LogP contribution is -2.50.